The molecule has 1 saturated heterocycles. The number of hydrogen-bond donors (Lipinski definition) is 2. The van der Waals surface area contributed by atoms with E-state index in [-0.39, 0.29) is 0 Å². The Morgan fingerprint density at radius 1 is 1.00 bits per heavy atom. The molecule has 32 heavy (non-hydrogen) atoms. The molecule has 0 aliphatic carbocycles. The average molecular weight is 428 g/mol. The Morgan fingerprint density at radius 3 is 2.66 bits per heavy atom. The van der Waals surface area contributed by atoms with Crippen LogP contribution in [0, 0.1) is 6.92 Å². The number of anilines is 3. The fourth-order valence-corrected chi connectivity index (χ4v) is 4.35. The highest BCUT2D eigenvalue weighted by Gasteiger charge is 2.17. The molecule has 5 rings (SSSR count). The second-order valence-electron chi connectivity index (χ2n) is 8.28. The molecule has 164 valence electrons. The Bertz CT molecular complexity index is 1210. The van der Waals surface area contributed by atoms with Gasteiger partial charge in [0.1, 0.15) is 0 Å². The predicted molar refractivity (Wildman–Crippen MR) is 131 cm³/mol. The van der Waals surface area contributed by atoms with Crippen molar-refractivity contribution in [2.24, 2.45) is 5.73 Å². The number of benzene rings is 2. The summed E-state index contributed by atoms with van der Waals surface area (Å²) in [7, 11) is 0. The van der Waals surface area contributed by atoms with Crippen LogP contribution in [0.4, 0.5) is 17.2 Å². The third kappa shape index (κ3) is 4.17. The van der Waals surface area contributed by atoms with Crippen LogP contribution in [0.25, 0.3) is 16.9 Å². The number of piperazine rings is 1. The van der Waals surface area contributed by atoms with Gasteiger partial charge < -0.3 is 16.0 Å². The van der Waals surface area contributed by atoms with Crippen LogP contribution < -0.4 is 16.0 Å². The van der Waals surface area contributed by atoms with E-state index >= 15 is 0 Å². The van der Waals surface area contributed by atoms with Crippen molar-refractivity contribution in [2.75, 3.05) is 49.5 Å². The zero-order valence-corrected chi connectivity index (χ0v) is 18.4. The van der Waals surface area contributed by atoms with E-state index in [1.54, 1.807) is 0 Å². The van der Waals surface area contributed by atoms with Gasteiger partial charge in [0.05, 0.1) is 11.9 Å². The van der Waals surface area contributed by atoms with Crippen molar-refractivity contribution in [1.29, 1.82) is 0 Å². The summed E-state index contributed by atoms with van der Waals surface area (Å²) in [5, 5.41) is 3.48. The lowest BCUT2D eigenvalue weighted by molar-refractivity contribution is 0.265. The quantitative estimate of drug-likeness (QED) is 0.490. The van der Waals surface area contributed by atoms with Crippen LogP contribution in [0.3, 0.4) is 0 Å². The second-order valence-corrected chi connectivity index (χ2v) is 8.28. The van der Waals surface area contributed by atoms with Crippen molar-refractivity contribution < 1.29 is 0 Å². The molecule has 7 heteroatoms. The van der Waals surface area contributed by atoms with E-state index in [0.29, 0.717) is 0 Å². The first-order valence-electron chi connectivity index (χ1n) is 11.1. The normalized spacial score (nSPS) is 14.8. The summed E-state index contributed by atoms with van der Waals surface area (Å²) < 4.78 is 2.09. The lowest BCUT2D eigenvalue weighted by atomic mass is 10.1. The van der Waals surface area contributed by atoms with Gasteiger partial charge in [0, 0.05) is 68.6 Å². The summed E-state index contributed by atoms with van der Waals surface area (Å²) in [5.41, 5.74) is 12.1. The van der Waals surface area contributed by atoms with Crippen molar-refractivity contribution in [1.82, 2.24) is 19.3 Å². The van der Waals surface area contributed by atoms with Crippen molar-refractivity contribution >= 4 is 22.8 Å². The molecule has 7 nitrogen and oxygen atoms in total. The molecule has 1 fully saturated rings. The van der Waals surface area contributed by atoms with Crippen molar-refractivity contribution in [3.05, 3.63) is 72.7 Å². The molecule has 3 heterocycles. The Balaban J connectivity index is 1.38. The molecule has 3 N–H and O–H groups in total. The first-order valence-corrected chi connectivity index (χ1v) is 11.1. The molecule has 0 radical (unpaired) electrons. The first kappa shape index (κ1) is 20.5. The number of nitrogens with zero attached hydrogens (tertiary/aromatic N) is 5. The van der Waals surface area contributed by atoms with Gasteiger partial charge in [0.2, 0.25) is 0 Å². The van der Waals surface area contributed by atoms with Gasteiger partial charge >= 0.3 is 0 Å². The standard InChI is InChI=1S/C25H29N7/c1-19-4-2-5-20(16-19)23-18-28-24(25-27-9-11-32(23)25)29-21-6-3-7-22(17-21)31-14-12-30(10-8-26)13-15-31/h2-7,9,11,16-18H,8,10,12-15,26H2,1H3,(H,28,29). The summed E-state index contributed by atoms with van der Waals surface area (Å²) in [4.78, 5) is 14.2. The van der Waals surface area contributed by atoms with E-state index in [0.717, 1.165) is 67.7 Å². The van der Waals surface area contributed by atoms with E-state index in [1.165, 1.54) is 11.3 Å². The van der Waals surface area contributed by atoms with Crippen LogP contribution in [-0.4, -0.2) is 58.5 Å². The number of nitrogens with two attached hydrogens (primary N) is 1. The topological polar surface area (TPSA) is 74.7 Å². The maximum atomic E-state index is 5.70. The molecule has 4 aromatic rings. The monoisotopic (exact) mass is 427 g/mol. The zero-order valence-electron chi connectivity index (χ0n) is 18.4. The number of rotatable bonds is 6. The summed E-state index contributed by atoms with van der Waals surface area (Å²) in [5.74, 6) is 0.747. The summed E-state index contributed by atoms with van der Waals surface area (Å²) in [6.45, 7) is 7.91. The number of nitrogens with one attached hydrogen (secondary N) is 1. The van der Waals surface area contributed by atoms with E-state index in [1.807, 2.05) is 18.6 Å². The SMILES string of the molecule is Cc1cccc(-c2cnc(Nc3cccc(N4CCN(CCN)CC4)c3)c3nccn23)c1. The van der Waals surface area contributed by atoms with Crippen molar-refractivity contribution in [3.63, 3.8) is 0 Å². The average Bonchev–Trinajstić information content (AvgIpc) is 3.31. The number of hydrogen-bond acceptors (Lipinski definition) is 6. The molecule has 0 saturated carbocycles. The van der Waals surface area contributed by atoms with Gasteiger partial charge in [-0.1, -0.05) is 29.8 Å². The molecule has 0 unspecified atom stereocenters. The fraction of sp³-hybridized carbons (Fsp3) is 0.280. The van der Waals surface area contributed by atoms with E-state index < -0.39 is 0 Å². The highest BCUT2D eigenvalue weighted by Crippen LogP contribution is 2.27. The minimum Gasteiger partial charge on any atom is -0.369 e. The molecular weight excluding hydrogens is 398 g/mol. The number of fused-ring (bicyclic) bond motifs is 1. The van der Waals surface area contributed by atoms with Crippen LogP contribution in [0.15, 0.2) is 67.1 Å². The minimum absolute atomic E-state index is 0.720. The maximum absolute atomic E-state index is 5.70. The molecule has 0 amide bonds. The summed E-state index contributed by atoms with van der Waals surface area (Å²) in [6, 6.07) is 17.0. The number of aromatic nitrogens is 3. The van der Waals surface area contributed by atoms with Gasteiger partial charge in [-0.2, -0.15) is 0 Å². The van der Waals surface area contributed by atoms with Crippen LogP contribution in [0.1, 0.15) is 5.56 Å². The minimum atomic E-state index is 0.720. The number of aryl methyl sites for hydroxylation is 1. The van der Waals surface area contributed by atoms with Crippen LogP contribution in [0.2, 0.25) is 0 Å². The van der Waals surface area contributed by atoms with E-state index in [4.69, 9.17) is 10.7 Å². The van der Waals surface area contributed by atoms with Gasteiger partial charge in [-0.3, -0.25) is 9.30 Å². The molecule has 0 spiro atoms. The first-order chi connectivity index (χ1) is 15.7. The Morgan fingerprint density at radius 2 is 1.84 bits per heavy atom. The van der Waals surface area contributed by atoms with Gasteiger partial charge in [0.25, 0.3) is 0 Å². The lowest BCUT2D eigenvalue weighted by Crippen LogP contribution is -2.47. The Labute approximate surface area is 188 Å². The molecule has 2 aromatic carbocycles. The highest BCUT2D eigenvalue weighted by molar-refractivity contribution is 5.75. The van der Waals surface area contributed by atoms with Crippen LogP contribution in [0.5, 0.6) is 0 Å². The zero-order chi connectivity index (χ0) is 21.9. The summed E-state index contributed by atoms with van der Waals surface area (Å²) >= 11 is 0. The van der Waals surface area contributed by atoms with Gasteiger partial charge in [-0.25, -0.2) is 9.97 Å². The van der Waals surface area contributed by atoms with Crippen LogP contribution >= 0.6 is 0 Å². The predicted octanol–water partition coefficient (Wildman–Crippen LogP) is 3.53. The van der Waals surface area contributed by atoms with E-state index in [2.05, 4.69) is 80.0 Å². The second kappa shape index (κ2) is 8.98. The van der Waals surface area contributed by atoms with Crippen molar-refractivity contribution in [3.8, 4) is 11.3 Å². The van der Waals surface area contributed by atoms with Gasteiger partial charge in [-0.05, 0) is 31.2 Å². The van der Waals surface area contributed by atoms with Crippen molar-refractivity contribution in [2.45, 2.75) is 6.92 Å². The van der Waals surface area contributed by atoms with Gasteiger partial charge in [-0.15, -0.1) is 0 Å². The molecular formula is C25H29N7. The molecule has 0 bridgehead atoms. The lowest BCUT2D eigenvalue weighted by Gasteiger charge is -2.36. The summed E-state index contributed by atoms with van der Waals surface area (Å²) in [6.07, 6.45) is 5.71. The molecule has 1 aliphatic heterocycles. The molecule has 1 aliphatic rings. The Hall–Kier alpha value is -3.42. The van der Waals surface area contributed by atoms with Crippen LogP contribution in [-0.2, 0) is 0 Å². The smallest absolute Gasteiger partial charge is 0.180 e. The maximum Gasteiger partial charge on any atom is 0.180 e. The highest BCUT2D eigenvalue weighted by atomic mass is 15.3. The molecule has 0 atom stereocenters. The third-order valence-corrected chi connectivity index (χ3v) is 6.03. The Kier molecular flexibility index (Phi) is 5.75. The van der Waals surface area contributed by atoms with Gasteiger partial charge in [0.15, 0.2) is 11.5 Å². The third-order valence-electron chi connectivity index (χ3n) is 6.03. The van der Waals surface area contributed by atoms with E-state index in [9.17, 15) is 0 Å². The number of imidazole rings is 1. The largest absolute Gasteiger partial charge is 0.369 e. The fourth-order valence-electron chi connectivity index (χ4n) is 4.35. The molecule has 2 aromatic heterocycles.